The normalized spacial score (nSPS) is 16.4. The second kappa shape index (κ2) is 9.59. The van der Waals surface area contributed by atoms with Crippen LogP contribution in [0.5, 0.6) is 5.75 Å². The Morgan fingerprint density at radius 3 is 2.38 bits per heavy atom. The predicted octanol–water partition coefficient (Wildman–Crippen LogP) is 3.61. The standard InChI is InChI=1S/C28H29N3O3/c1-34-24-12-7-11-23(19-24)29-14-16-30(17-15-29)28(33)26(18-21-8-3-2-4-9-21)31-20-22-10-5-6-13-25(22)27(31)32/h2-13,19,26H,14-18,20H2,1H3/t26-/m0/s1. The van der Waals surface area contributed by atoms with Crippen molar-refractivity contribution in [3.63, 3.8) is 0 Å². The molecule has 0 N–H and O–H groups in total. The summed E-state index contributed by atoms with van der Waals surface area (Å²) in [6.07, 6.45) is 0.509. The number of rotatable bonds is 6. The van der Waals surface area contributed by atoms with Crippen molar-refractivity contribution in [3.05, 3.63) is 95.6 Å². The second-order valence-electron chi connectivity index (χ2n) is 8.81. The lowest BCUT2D eigenvalue weighted by Crippen LogP contribution is -2.55. The Kier molecular flexibility index (Phi) is 6.21. The van der Waals surface area contributed by atoms with Crippen molar-refractivity contribution in [2.75, 3.05) is 38.2 Å². The molecular weight excluding hydrogens is 426 g/mol. The summed E-state index contributed by atoms with van der Waals surface area (Å²) in [5.41, 5.74) is 3.84. The van der Waals surface area contributed by atoms with Crippen LogP contribution >= 0.6 is 0 Å². The number of fused-ring (bicyclic) bond motifs is 1. The van der Waals surface area contributed by atoms with E-state index in [1.165, 1.54) is 0 Å². The molecule has 1 fully saturated rings. The first-order chi connectivity index (χ1) is 16.6. The quantitative estimate of drug-likeness (QED) is 0.570. The minimum atomic E-state index is -0.523. The SMILES string of the molecule is COc1cccc(N2CCN(C(=O)[C@H](Cc3ccccc3)N3Cc4ccccc4C3=O)CC2)c1. The molecule has 1 saturated heterocycles. The number of methoxy groups -OCH3 is 1. The van der Waals surface area contributed by atoms with Crippen LogP contribution in [-0.2, 0) is 17.8 Å². The molecule has 34 heavy (non-hydrogen) atoms. The van der Waals surface area contributed by atoms with Gasteiger partial charge in [-0.15, -0.1) is 0 Å². The monoisotopic (exact) mass is 455 g/mol. The van der Waals surface area contributed by atoms with E-state index in [9.17, 15) is 9.59 Å². The molecule has 0 aliphatic carbocycles. The van der Waals surface area contributed by atoms with E-state index < -0.39 is 6.04 Å². The third-order valence-electron chi connectivity index (χ3n) is 6.79. The molecular formula is C28H29N3O3. The van der Waals surface area contributed by atoms with Gasteiger partial charge >= 0.3 is 0 Å². The van der Waals surface area contributed by atoms with Crippen molar-refractivity contribution in [2.24, 2.45) is 0 Å². The van der Waals surface area contributed by atoms with Crippen LogP contribution in [-0.4, -0.2) is 60.9 Å². The highest BCUT2D eigenvalue weighted by atomic mass is 16.5. The molecule has 1 atom stereocenters. The summed E-state index contributed by atoms with van der Waals surface area (Å²) in [5.74, 6) is 0.793. The Morgan fingerprint density at radius 2 is 1.65 bits per heavy atom. The predicted molar refractivity (Wildman–Crippen MR) is 132 cm³/mol. The van der Waals surface area contributed by atoms with Gasteiger partial charge in [-0.05, 0) is 29.3 Å². The maximum atomic E-state index is 13.8. The molecule has 6 nitrogen and oxygen atoms in total. The average molecular weight is 456 g/mol. The van der Waals surface area contributed by atoms with E-state index in [-0.39, 0.29) is 11.8 Å². The number of amides is 2. The first-order valence-corrected chi connectivity index (χ1v) is 11.7. The molecule has 0 bridgehead atoms. The molecule has 6 heteroatoms. The number of hydrogen-bond donors (Lipinski definition) is 0. The molecule has 2 heterocycles. The van der Waals surface area contributed by atoms with Crippen LogP contribution < -0.4 is 9.64 Å². The number of carbonyl (C=O) groups excluding carboxylic acids is 2. The van der Waals surface area contributed by atoms with Crippen LogP contribution in [0.3, 0.4) is 0 Å². The van der Waals surface area contributed by atoms with Crippen molar-refractivity contribution in [1.82, 2.24) is 9.80 Å². The highest BCUT2D eigenvalue weighted by Crippen LogP contribution is 2.28. The van der Waals surface area contributed by atoms with Crippen LogP contribution in [0.25, 0.3) is 0 Å². The molecule has 2 aliphatic heterocycles. The Morgan fingerprint density at radius 1 is 0.912 bits per heavy atom. The number of nitrogens with zero attached hydrogens (tertiary/aromatic N) is 3. The summed E-state index contributed by atoms with van der Waals surface area (Å²) in [5, 5.41) is 0. The van der Waals surface area contributed by atoms with Crippen LogP contribution in [0.1, 0.15) is 21.5 Å². The first-order valence-electron chi connectivity index (χ1n) is 11.7. The van der Waals surface area contributed by atoms with Gasteiger partial charge in [0.15, 0.2) is 0 Å². The molecule has 3 aromatic carbocycles. The summed E-state index contributed by atoms with van der Waals surface area (Å²) < 4.78 is 5.36. The molecule has 0 unspecified atom stereocenters. The molecule has 3 aromatic rings. The molecule has 0 spiro atoms. The van der Waals surface area contributed by atoms with Gasteiger partial charge in [-0.25, -0.2) is 0 Å². The van der Waals surface area contributed by atoms with Crippen LogP contribution in [0, 0.1) is 0 Å². The van der Waals surface area contributed by atoms with Gasteiger partial charge in [-0.3, -0.25) is 9.59 Å². The molecule has 2 amide bonds. The van der Waals surface area contributed by atoms with E-state index in [1.54, 1.807) is 12.0 Å². The zero-order chi connectivity index (χ0) is 23.5. The minimum Gasteiger partial charge on any atom is -0.497 e. The maximum Gasteiger partial charge on any atom is 0.255 e. The number of piperazine rings is 1. The number of ether oxygens (including phenoxy) is 1. The van der Waals surface area contributed by atoms with E-state index in [0.29, 0.717) is 31.6 Å². The van der Waals surface area contributed by atoms with Gasteiger partial charge in [0.1, 0.15) is 11.8 Å². The van der Waals surface area contributed by atoms with Crippen LogP contribution in [0.2, 0.25) is 0 Å². The molecule has 174 valence electrons. The topological polar surface area (TPSA) is 53.1 Å². The zero-order valence-corrected chi connectivity index (χ0v) is 19.4. The van der Waals surface area contributed by atoms with Crippen molar-refractivity contribution in [1.29, 1.82) is 0 Å². The molecule has 0 aromatic heterocycles. The van der Waals surface area contributed by atoms with Crippen molar-refractivity contribution in [3.8, 4) is 5.75 Å². The molecule has 0 radical (unpaired) electrons. The summed E-state index contributed by atoms with van der Waals surface area (Å²) in [6, 6.07) is 25.1. The Bertz CT molecular complexity index is 1170. The van der Waals surface area contributed by atoms with Crippen molar-refractivity contribution >= 4 is 17.5 Å². The average Bonchev–Trinajstić information content (AvgIpc) is 3.24. The lowest BCUT2D eigenvalue weighted by Gasteiger charge is -2.39. The highest BCUT2D eigenvalue weighted by Gasteiger charge is 2.38. The van der Waals surface area contributed by atoms with Crippen LogP contribution in [0.4, 0.5) is 5.69 Å². The minimum absolute atomic E-state index is 0.0234. The van der Waals surface area contributed by atoms with Gasteiger partial charge in [-0.1, -0.05) is 54.6 Å². The van der Waals surface area contributed by atoms with E-state index in [4.69, 9.17) is 4.74 Å². The fourth-order valence-electron chi connectivity index (χ4n) is 4.90. The van der Waals surface area contributed by atoms with E-state index in [0.717, 1.165) is 35.7 Å². The third kappa shape index (κ3) is 4.36. The van der Waals surface area contributed by atoms with Gasteiger partial charge < -0.3 is 19.4 Å². The van der Waals surface area contributed by atoms with E-state index in [1.807, 2.05) is 77.7 Å². The largest absolute Gasteiger partial charge is 0.497 e. The number of hydrogen-bond acceptors (Lipinski definition) is 4. The van der Waals surface area contributed by atoms with Gasteiger partial charge in [-0.2, -0.15) is 0 Å². The van der Waals surface area contributed by atoms with Crippen LogP contribution in [0.15, 0.2) is 78.9 Å². The lowest BCUT2D eigenvalue weighted by molar-refractivity contribution is -0.136. The third-order valence-corrected chi connectivity index (χ3v) is 6.79. The van der Waals surface area contributed by atoms with Gasteiger partial charge in [0, 0.05) is 56.5 Å². The summed E-state index contributed by atoms with van der Waals surface area (Å²) in [7, 11) is 1.67. The van der Waals surface area contributed by atoms with Crippen molar-refractivity contribution < 1.29 is 14.3 Å². The van der Waals surface area contributed by atoms with Gasteiger partial charge in [0.25, 0.3) is 5.91 Å². The number of carbonyl (C=O) groups is 2. The fourth-order valence-corrected chi connectivity index (χ4v) is 4.90. The first kappa shape index (κ1) is 22.0. The number of benzene rings is 3. The Labute approximate surface area is 200 Å². The summed E-state index contributed by atoms with van der Waals surface area (Å²) >= 11 is 0. The second-order valence-corrected chi connectivity index (χ2v) is 8.81. The Hall–Kier alpha value is -3.80. The molecule has 5 rings (SSSR count). The van der Waals surface area contributed by atoms with Gasteiger partial charge in [0.2, 0.25) is 5.91 Å². The smallest absolute Gasteiger partial charge is 0.255 e. The highest BCUT2D eigenvalue weighted by molar-refractivity contribution is 6.01. The number of anilines is 1. The lowest BCUT2D eigenvalue weighted by atomic mass is 10.0. The summed E-state index contributed by atoms with van der Waals surface area (Å²) in [4.78, 5) is 33.0. The zero-order valence-electron chi connectivity index (χ0n) is 19.4. The summed E-state index contributed by atoms with van der Waals surface area (Å²) in [6.45, 7) is 3.20. The fraction of sp³-hybridized carbons (Fsp3) is 0.286. The van der Waals surface area contributed by atoms with Crippen molar-refractivity contribution in [2.45, 2.75) is 19.0 Å². The van der Waals surface area contributed by atoms with Gasteiger partial charge in [0.05, 0.1) is 7.11 Å². The van der Waals surface area contributed by atoms with E-state index >= 15 is 0 Å². The molecule has 2 aliphatic rings. The molecule has 0 saturated carbocycles. The Balaban J connectivity index is 1.33. The maximum absolute atomic E-state index is 13.8. The van der Waals surface area contributed by atoms with E-state index in [2.05, 4.69) is 11.0 Å².